The number of rotatable bonds is 3. The summed E-state index contributed by atoms with van der Waals surface area (Å²) >= 11 is 1.76. The molecule has 0 unspecified atom stereocenters. The van der Waals surface area contributed by atoms with Crippen molar-refractivity contribution >= 4 is 21.4 Å². The molecule has 0 aliphatic heterocycles. The van der Waals surface area contributed by atoms with Crippen molar-refractivity contribution in [2.45, 2.75) is 13.5 Å². The van der Waals surface area contributed by atoms with Crippen LogP contribution in [-0.2, 0) is 6.61 Å². The summed E-state index contributed by atoms with van der Waals surface area (Å²) in [6.45, 7) is 2.65. The molecule has 96 valence electrons. The van der Waals surface area contributed by atoms with Crippen molar-refractivity contribution < 1.29 is 9.84 Å². The van der Waals surface area contributed by atoms with Crippen LogP contribution in [0.1, 0.15) is 10.4 Å². The Hall–Kier alpha value is -2.00. The largest absolute Gasteiger partial charge is 0.508 e. The number of benzene rings is 2. The molecule has 0 aliphatic rings. The molecule has 0 saturated carbocycles. The number of aromatic hydroxyl groups is 1. The Morgan fingerprint density at radius 1 is 1.11 bits per heavy atom. The predicted octanol–water partition coefficient (Wildman–Crippen LogP) is 4.49. The Morgan fingerprint density at radius 2 is 1.95 bits per heavy atom. The third-order valence-electron chi connectivity index (χ3n) is 2.99. The van der Waals surface area contributed by atoms with Crippen LogP contribution in [0.3, 0.4) is 0 Å². The molecule has 0 fully saturated rings. The molecule has 1 heterocycles. The average molecular weight is 270 g/mol. The molecule has 0 spiro atoms. The van der Waals surface area contributed by atoms with Gasteiger partial charge in [-0.3, -0.25) is 0 Å². The lowest BCUT2D eigenvalue weighted by atomic mass is 10.2. The van der Waals surface area contributed by atoms with Gasteiger partial charge in [0.05, 0.1) is 0 Å². The number of hydrogen-bond donors (Lipinski definition) is 1. The van der Waals surface area contributed by atoms with Crippen molar-refractivity contribution in [1.82, 2.24) is 0 Å². The molecular formula is C16H14O2S. The minimum Gasteiger partial charge on any atom is -0.508 e. The van der Waals surface area contributed by atoms with Gasteiger partial charge in [0.15, 0.2) is 0 Å². The first-order chi connectivity index (χ1) is 9.22. The molecule has 0 radical (unpaired) electrons. The topological polar surface area (TPSA) is 29.5 Å². The summed E-state index contributed by atoms with van der Waals surface area (Å²) < 4.78 is 7.01. The highest BCUT2D eigenvalue weighted by Crippen LogP contribution is 2.29. The van der Waals surface area contributed by atoms with Crippen LogP contribution in [0.15, 0.2) is 48.5 Å². The molecule has 1 aromatic heterocycles. The van der Waals surface area contributed by atoms with Gasteiger partial charge in [0.25, 0.3) is 0 Å². The van der Waals surface area contributed by atoms with Gasteiger partial charge in [-0.1, -0.05) is 24.3 Å². The number of ether oxygens (including phenoxy) is 1. The molecule has 3 aromatic rings. The molecule has 0 atom stereocenters. The van der Waals surface area contributed by atoms with E-state index < -0.39 is 0 Å². The van der Waals surface area contributed by atoms with E-state index in [1.165, 1.54) is 20.5 Å². The molecule has 2 aromatic carbocycles. The average Bonchev–Trinajstić information content (AvgIpc) is 2.81. The predicted molar refractivity (Wildman–Crippen MR) is 79.0 cm³/mol. The van der Waals surface area contributed by atoms with Gasteiger partial charge >= 0.3 is 0 Å². The smallest absolute Gasteiger partial charge is 0.123 e. The highest BCUT2D eigenvalue weighted by Gasteiger charge is 2.04. The van der Waals surface area contributed by atoms with Crippen molar-refractivity contribution in [3.8, 4) is 11.5 Å². The fourth-order valence-electron chi connectivity index (χ4n) is 2.06. The number of aryl methyl sites for hydroxylation is 1. The van der Waals surface area contributed by atoms with Crippen LogP contribution in [0.2, 0.25) is 0 Å². The summed E-state index contributed by atoms with van der Waals surface area (Å²) in [6.07, 6.45) is 0. The fraction of sp³-hybridized carbons (Fsp3) is 0.125. The van der Waals surface area contributed by atoms with Crippen LogP contribution in [-0.4, -0.2) is 5.11 Å². The highest BCUT2D eigenvalue weighted by atomic mass is 32.1. The molecule has 3 heteroatoms. The van der Waals surface area contributed by atoms with Crippen molar-refractivity contribution in [3.63, 3.8) is 0 Å². The molecule has 0 bridgehead atoms. The maximum absolute atomic E-state index is 9.38. The second kappa shape index (κ2) is 4.94. The summed E-state index contributed by atoms with van der Waals surface area (Å²) in [7, 11) is 0. The van der Waals surface area contributed by atoms with Crippen molar-refractivity contribution in [2.24, 2.45) is 0 Å². The number of thiophene rings is 1. The number of phenols is 1. The van der Waals surface area contributed by atoms with Crippen LogP contribution in [0.25, 0.3) is 10.1 Å². The summed E-state index contributed by atoms with van der Waals surface area (Å²) in [5, 5.41) is 10.6. The van der Waals surface area contributed by atoms with E-state index >= 15 is 0 Å². The van der Waals surface area contributed by atoms with Crippen molar-refractivity contribution in [3.05, 3.63) is 59.0 Å². The minimum atomic E-state index is 0.227. The van der Waals surface area contributed by atoms with E-state index in [1.807, 2.05) is 6.07 Å². The Labute approximate surface area is 115 Å². The van der Waals surface area contributed by atoms with Crippen LogP contribution in [0.4, 0.5) is 0 Å². The maximum atomic E-state index is 9.38. The van der Waals surface area contributed by atoms with E-state index in [0.29, 0.717) is 12.4 Å². The van der Waals surface area contributed by atoms with Gasteiger partial charge in [-0.2, -0.15) is 0 Å². The number of hydrogen-bond acceptors (Lipinski definition) is 3. The van der Waals surface area contributed by atoms with Gasteiger partial charge in [-0.15, -0.1) is 11.3 Å². The summed E-state index contributed by atoms with van der Waals surface area (Å²) in [6, 6.07) is 15.4. The molecule has 0 aliphatic carbocycles. The molecule has 1 N–H and O–H groups in total. The zero-order valence-corrected chi connectivity index (χ0v) is 11.4. The first-order valence-electron chi connectivity index (χ1n) is 6.12. The monoisotopic (exact) mass is 270 g/mol. The van der Waals surface area contributed by atoms with Gasteiger partial charge < -0.3 is 9.84 Å². The third-order valence-corrected chi connectivity index (χ3v) is 4.25. The SMILES string of the molecule is Cc1cccc2cc(COc3cccc(O)c3)sc12. The zero-order chi connectivity index (χ0) is 13.2. The number of phenolic OH excluding ortho intramolecular Hbond substituents is 1. The van der Waals surface area contributed by atoms with Crippen LogP contribution in [0.5, 0.6) is 11.5 Å². The first-order valence-corrected chi connectivity index (χ1v) is 6.94. The third kappa shape index (κ3) is 2.56. The Bertz CT molecular complexity index is 716. The van der Waals surface area contributed by atoms with E-state index in [-0.39, 0.29) is 5.75 Å². The van der Waals surface area contributed by atoms with Gasteiger partial charge in [-0.25, -0.2) is 0 Å². The van der Waals surface area contributed by atoms with Crippen LogP contribution >= 0.6 is 11.3 Å². The van der Waals surface area contributed by atoms with E-state index in [1.54, 1.807) is 29.5 Å². The molecule has 19 heavy (non-hydrogen) atoms. The quantitative estimate of drug-likeness (QED) is 0.759. The molecule has 0 saturated heterocycles. The summed E-state index contributed by atoms with van der Waals surface area (Å²) in [5.74, 6) is 0.916. The molecule has 3 rings (SSSR count). The second-order valence-electron chi connectivity index (χ2n) is 4.49. The van der Waals surface area contributed by atoms with E-state index in [9.17, 15) is 5.11 Å². The molecule has 2 nitrogen and oxygen atoms in total. The van der Waals surface area contributed by atoms with Crippen LogP contribution < -0.4 is 4.74 Å². The lowest BCUT2D eigenvalue weighted by Crippen LogP contribution is -1.91. The van der Waals surface area contributed by atoms with Crippen LogP contribution in [0, 0.1) is 6.92 Å². The van der Waals surface area contributed by atoms with E-state index in [2.05, 4.69) is 31.2 Å². The molecule has 0 amide bonds. The van der Waals surface area contributed by atoms with E-state index in [0.717, 1.165) is 0 Å². The van der Waals surface area contributed by atoms with Gasteiger partial charge in [-0.05, 0) is 36.1 Å². The first kappa shape index (κ1) is 12.1. The second-order valence-corrected chi connectivity index (χ2v) is 5.63. The Kier molecular flexibility index (Phi) is 3.13. The number of fused-ring (bicyclic) bond motifs is 1. The van der Waals surface area contributed by atoms with Crippen molar-refractivity contribution in [1.29, 1.82) is 0 Å². The Balaban J connectivity index is 1.80. The van der Waals surface area contributed by atoms with Gasteiger partial charge in [0.1, 0.15) is 18.1 Å². The van der Waals surface area contributed by atoms with Crippen molar-refractivity contribution in [2.75, 3.05) is 0 Å². The lowest BCUT2D eigenvalue weighted by molar-refractivity contribution is 0.308. The minimum absolute atomic E-state index is 0.227. The zero-order valence-electron chi connectivity index (χ0n) is 10.6. The summed E-state index contributed by atoms with van der Waals surface area (Å²) in [4.78, 5) is 1.19. The normalized spacial score (nSPS) is 10.8. The fourth-order valence-corrected chi connectivity index (χ4v) is 3.10. The van der Waals surface area contributed by atoms with E-state index in [4.69, 9.17) is 4.74 Å². The van der Waals surface area contributed by atoms with Gasteiger partial charge in [0.2, 0.25) is 0 Å². The Morgan fingerprint density at radius 3 is 2.74 bits per heavy atom. The molecular weight excluding hydrogens is 256 g/mol. The maximum Gasteiger partial charge on any atom is 0.123 e. The lowest BCUT2D eigenvalue weighted by Gasteiger charge is -2.04. The standard InChI is InChI=1S/C16H14O2S/c1-11-4-2-5-12-8-15(19-16(11)12)10-18-14-7-3-6-13(17)9-14/h2-9,17H,10H2,1H3. The summed E-state index contributed by atoms with van der Waals surface area (Å²) in [5.41, 5.74) is 1.30. The highest BCUT2D eigenvalue weighted by molar-refractivity contribution is 7.19. The van der Waals surface area contributed by atoms with Gasteiger partial charge in [0, 0.05) is 15.6 Å².